The number of carbonyl (C=O) groups excluding carboxylic acids is 2. The van der Waals surface area contributed by atoms with Gasteiger partial charge < -0.3 is 15.8 Å². The third kappa shape index (κ3) is 4.57. The maximum absolute atomic E-state index is 12.7. The van der Waals surface area contributed by atoms with Gasteiger partial charge in [0.15, 0.2) is 12.0 Å². The number of anilines is 3. The Morgan fingerprint density at radius 2 is 1.67 bits per heavy atom. The number of nitro benzene ring substituents is 1. The summed E-state index contributed by atoms with van der Waals surface area (Å²) < 4.78 is 0. The molecule has 4 aromatic rings. The molecule has 0 bridgehead atoms. The molecule has 0 aromatic heterocycles. The van der Waals surface area contributed by atoms with Crippen LogP contribution in [0.4, 0.5) is 22.7 Å². The lowest BCUT2D eigenvalue weighted by Crippen LogP contribution is -2.12. The van der Waals surface area contributed by atoms with Crippen LogP contribution in [0.5, 0.6) is 5.75 Å². The molecule has 0 radical (unpaired) electrons. The van der Waals surface area contributed by atoms with E-state index in [0.29, 0.717) is 17.1 Å². The molecule has 4 rings (SSSR count). The number of phenols is 1. The van der Waals surface area contributed by atoms with Gasteiger partial charge in [-0.2, -0.15) is 0 Å². The second kappa shape index (κ2) is 9.06. The lowest BCUT2D eigenvalue weighted by molar-refractivity contribution is -0.384. The molecule has 0 unspecified atom stereocenters. The number of non-ortho nitro benzene ring substituents is 1. The van der Waals surface area contributed by atoms with E-state index in [1.165, 1.54) is 24.3 Å². The average molecular weight is 442 g/mol. The Hall–Kier alpha value is -4.92. The molecule has 9 heteroatoms. The van der Waals surface area contributed by atoms with Gasteiger partial charge >= 0.3 is 0 Å². The maximum atomic E-state index is 12.7. The van der Waals surface area contributed by atoms with Crippen LogP contribution in [0.2, 0.25) is 0 Å². The van der Waals surface area contributed by atoms with Gasteiger partial charge in [0.05, 0.1) is 16.2 Å². The average Bonchev–Trinajstić information content (AvgIpc) is 2.83. The topological polar surface area (TPSA) is 134 Å². The summed E-state index contributed by atoms with van der Waals surface area (Å²) in [5.74, 6) is -0.704. The van der Waals surface area contributed by atoms with Crippen LogP contribution in [-0.4, -0.2) is 22.2 Å². The lowest BCUT2D eigenvalue weighted by Gasteiger charge is -2.16. The standard InChI is InChI=1S/C24H18N4O5/c29-14-17-12-16-11-15(24(31)25-19-7-4-8-20(13-19)28(32)33)9-10-21(16)22(23(17)30)27-26-18-5-2-1-3-6-18/h1-14,26-27,30H,(H,25,31). The molecule has 4 aromatic carbocycles. The molecule has 4 N–H and O–H groups in total. The van der Waals surface area contributed by atoms with Gasteiger partial charge in [0.1, 0.15) is 5.69 Å². The van der Waals surface area contributed by atoms with Crippen LogP contribution < -0.4 is 16.2 Å². The van der Waals surface area contributed by atoms with Gasteiger partial charge in [0.25, 0.3) is 11.6 Å². The molecule has 0 saturated carbocycles. The van der Waals surface area contributed by atoms with Crippen LogP contribution in [-0.2, 0) is 0 Å². The van der Waals surface area contributed by atoms with Crippen molar-refractivity contribution in [3.05, 3.63) is 100 Å². The number of nitrogens with one attached hydrogen (secondary N) is 3. The number of carbonyl (C=O) groups is 2. The SMILES string of the molecule is O=Cc1cc2cc(C(=O)Nc3cccc([N+](=O)[O-])c3)ccc2c(NNc2ccccc2)c1O. The second-order valence-electron chi connectivity index (χ2n) is 7.12. The van der Waals surface area contributed by atoms with E-state index < -0.39 is 10.8 Å². The number of hydrogen-bond acceptors (Lipinski definition) is 7. The van der Waals surface area contributed by atoms with Gasteiger partial charge in [-0.15, -0.1) is 0 Å². The fraction of sp³-hybridized carbons (Fsp3) is 0. The number of para-hydroxylation sites is 1. The van der Waals surface area contributed by atoms with Crippen LogP contribution in [0.3, 0.4) is 0 Å². The summed E-state index contributed by atoms with van der Waals surface area (Å²) in [6, 6.07) is 21.1. The molecule has 0 saturated heterocycles. The highest BCUT2D eigenvalue weighted by Crippen LogP contribution is 2.36. The highest BCUT2D eigenvalue weighted by molar-refractivity contribution is 6.09. The van der Waals surface area contributed by atoms with Crippen molar-refractivity contribution >= 4 is 45.7 Å². The predicted molar refractivity (Wildman–Crippen MR) is 126 cm³/mol. The van der Waals surface area contributed by atoms with Crippen LogP contribution in [0.25, 0.3) is 10.8 Å². The van der Waals surface area contributed by atoms with Crippen molar-refractivity contribution in [3.63, 3.8) is 0 Å². The summed E-state index contributed by atoms with van der Waals surface area (Å²) in [7, 11) is 0. The van der Waals surface area contributed by atoms with Crippen molar-refractivity contribution in [1.29, 1.82) is 0 Å². The molecule has 0 heterocycles. The van der Waals surface area contributed by atoms with Gasteiger partial charge in [-0.1, -0.05) is 30.3 Å². The van der Waals surface area contributed by atoms with E-state index in [4.69, 9.17) is 0 Å². The summed E-state index contributed by atoms with van der Waals surface area (Å²) in [6.07, 6.45) is 0.526. The van der Waals surface area contributed by atoms with E-state index in [1.807, 2.05) is 30.3 Å². The molecule has 0 aliphatic rings. The van der Waals surface area contributed by atoms with Gasteiger partial charge in [0.2, 0.25) is 0 Å². The summed E-state index contributed by atoms with van der Waals surface area (Å²) in [4.78, 5) is 34.6. The highest BCUT2D eigenvalue weighted by Gasteiger charge is 2.15. The Balaban J connectivity index is 1.66. The van der Waals surface area contributed by atoms with E-state index in [0.717, 1.165) is 5.69 Å². The van der Waals surface area contributed by atoms with E-state index >= 15 is 0 Å². The Morgan fingerprint density at radius 3 is 2.39 bits per heavy atom. The van der Waals surface area contributed by atoms with E-state index in [-0.39, 0.29) is 33.9 Å². The quantitative estimate of drug-likeness (QED) is 0.138. The molecule has 9 nitrogen and oxygen atoms in total. The minimum Gasteiger partial charge on any atom is -0.505 e. The fourth-order valence-corrected chi connectivity index (χ4v) is 3.33. The summed E-state index contributed by atoms with van der Waals surface area (Å²) in [6.45, 7) is 0. The minimum absolute atomic E-state index is 0.0519. The maximum Gasteiger partial charge on any atom is 0.271 e. The molecule has 1 amide bonds. The smallest absolute Gasteiger partial charge is 0.271 e. The number of benzene rings is 4. The first kappa shape index (κ1) is 21.3. The molecular weight excluding hydrogens is 424 g/mol. The number of hydrogen-bond donors (Lipinski definition) is 4. The van der Waals surface area contributed by atoms with E-state index in [2.05, 4.69) is 16.2 Å². The van der Waals surface area contributed by atoms with Crippen molar-refractivity contribution in [1.82, 2.24) is 0 Å². The van der Waals surface area contributed by atoms with Crippen molar-refractivity contribution in [2.24, 2.45) is 0 Å². The molecule has 0 fully saturated rings. The Labute approximate surface area is 187 Å². The van der Waals surface area contributed by atoms with Gasteiger partial charge in [-0.25, -0.2) is 0 Å². The van der Waals surface area contributed by atoms with Crippen molar-refractivity contribution in [3.8, 4) is 5.75 Å². The first-order chi connectivity index (χ1) is 16.0. The first-order valence-electron chi connectivity index (χ1n) is 9.84. The van der Waals surface area contributed by atoms with Crippen molar-refractivity contribution in [2.75, 3.05) is 16.2 Å². The number of phenolic OH excluding ortho intramolecular Hbond substituents is 1. The van der Waals surface area contributed by atoms with Crippen molar-refractivity contribution < 1.29 is 19.6 Å². The lowest BCUT2D eigenvalue weighted by atomic mass is 10.0. The minimum atomic E-state index is -0.545. The van der Waals surface area contributed by atoms with Gasteiger partial charge in [-0.3, -0.25) is 25.1 Å². The second-order valence-corrected chi connectivity index (χ2v) is 7.12. The zero-order chi connectivity index (χ0) is 23.4. The number of amides is 1. The van der Waals surface area contributed by atoms with E-state index in [9.17, 15) is 24.8 Å². The van der Waals surface area contributed by atoms with Crippen LogP contribution in [0.15, 0.2) is 78.9 Å². The summed E-state index contributed by atoms with van der Waals surface area (Å²) >= 11 is 0. The normalized spacial score (nSPS) is 10.4. The largest absolute Gasteiger partial charge is 0.505 e. The Kier molecular flexibility index (Phi) is 5.85. The van der Waals surface area contributed by atoms with Gasteiger partial charge in [-0.05, 0) is 41.8 Å². The molecule has 33 heavy (non-hydrogen) atoms. The number of hydrazine groups is 1. The van der Waals surface area contributed by atoms with Crippen molar-refractivity contribution in [2.45, 2.75) is 0 Å². The van der Waals surface area contributed by atoms with Crippen LogP contribution >= 0.6 is 0 Å². The molecule has 0 aliphatic heterocycles. The van der Waals surface area contributed by atoms with E-state index in [1.54, 1.807) is 24.3 Å². The number of nitro groups is 1. The Morgan fingerprint density at radius 1 is 0.909 bits per heavy atom. The van der Waals surface area contributed by atoms with Crippen LogP contribution in [0.1, 0.15) is 20.7 Å². The molecule has 164 valence electrons. The van der Waals surface area contributed by atoms with Crippen LogP contribution in [0, 0.1) is 10.1 Å². The zero-order valence-electron chi connectivity index (χ0n) is 17.1. The summed E-state index contributed by atoms with van der Waals surface area (Å²) in [5, 5.41) is 25.2. The number of fused-ring (bicyclic) bond motifs is 1. The number of rotatable bonds is 7. The molecule has 0 atom stereocenters. The summed E-state index contributed by atoms with van der Waals surface area (Å²) in [5.41, 5.74) is 7.39. The third-order valence-electron chi connectivity index (χ3n) is 4.95. The monoisotopic (exact) mass is 442 g/mol. The number of nitrogens with zero attached hydrogens (tertiary/aromatic N) is 1. The predicted octanol–water partition coefficient (Wildman–Crippen LogP) is 4.96. The number of aldehydes is 1. The molecule has 0 aliphatic carbocycles. The third-order valence-corrected chi connectivity index (χ3v) is 4.95. The first-order valence-corrected chi connectivity index (χ1v) is 9.84. The molecule has 0 spiro atoms. The highest BCUT2D eigenvalue weighted by atomic mass is 16.6. The Bertz CT molecular complexity index is 1370. The zero-order valence-corrected chi connectivity index (χ0v) is 17.1. The van der Waals surface area contributed by atoms with Gasteiger partial charge in [0, 0.05) is 28.8 Å². The number of aromatic hydroxyl groups is 1. The fourth-order valence-electron chi connectivity index (χ4n) is 3.33. The molecular formula is C24H18N4O5.